The second-order valence-electron chi connectivity index (χ2n) is 20.8. The van der Waals surface area contributed by atoms with E-state index in [-0.39, 0.29) is 24.1 Å². The molecule has 3 N–H and O–H groups in total. The van der Waals surface area contributed by atoms with Gasteiger partial charge < -0.3 is 29.5 Å². The zero-order valence-electron chi connectivity index (χ0n) is 37.9. The highest BCUT2D eigenvalue weighted by Gasteiger charge is 2.59. The molecule has 1 saturated heterocycles. The summed E-state index contributed by atoms with van der Waals surface area (Å²) < 4.78 is 18.0. The Balaban J connectivity index is 0.991. The highest BCUT2D eigenvalue weighted by atomic mass is 16.7. The van der Waals surface area contributed by atoms with Crippen LogP contribution in [0.4, 0.5) is 0 Å². The van der Waals surface area contributed by atoms with Crippen LogP contribution in [0.1, 0.15) is 195 Å². The second-order valence-corrected chi connectivity index (χ2v) is 20.8. The Labute approximate surface area is 358 Å². The summed E-state index contributed by atoms with van der Waals surface area (Å²) in [5, 5.41) is 36.1. The highest BCUT2D eigenvalue weighted by Crippen LogP contribution is 2.67. The van der Waals surface area contributed by atoms with E-state index in [1.807, 2.05) is 0 Å². The molecule has 0 radical (unpaired) electrons. The smallest absolute Gasteiger partial charge is 0.305 e. The van der Waals surface area contributed by atoms with E-state index < -0.39 is 30.7 Å². The van der Waals surface area contributed by atoms with E-state index in [9.17, 15) is 20.1 Å². The highest BCUT2D eigenvalue weighted by molar-refractivity contribution is 5.69. The van der Waals surface area contributed by atoms with Crippen molar-refractivity contribution in [3.05, 3.63) is 22.1 Å². The third-order valence-corrected chi connectivity index (χ3v) is 16.4. The van der Waals surface area contributed by atoms with Gasteiger partial charge in [0.05, 0.1) is 6.10 Å². The molecule has 5 aliphatic rings. The van der Waals surface area contributed by atoms with Gasteiger partial charge in [-0.2, -0.15) is 0 Å². The molecule has 0 amide bonds. The summed E-state index contributed by atoms with van der Waals surface area (Å²) in [6.45, 7) is 12.8. The second kappa shape index (κ2) is 23.7. The Bertz CT molecular complexity index is 1350. The minimum absolute atomic E-state index is 0.148. The van der Waals surface area contributed by atoms with Gasteiger partial charge in [0.25, 0.3) is 0 Å². The molecular weight excluding hydrogens is 743 g/mol. The van der Waals surface area contributed by atoms with Crippen LogP contribution in [0.25, 0.3) is 10.4 Å². The molecule has 5 rings (SSSR count). The molecule has 59 heavy (non-hydrogen) atoms. The fraction of sp³-hybridized carbons (Fsp3) is 0.939. The predicted octanol–water partition coefficient (Wildman–Crippen LogP) is 11.5. The molecule has 0 spiro atoms. The van der Waals surface area contributed by atoms with E-state index >= 15 is 0 Å². The number of fused-ring (bicyclic) bond motifs is 5. The number of nitrogens with zero attached hydrogens (tertiary/aromatic N) is 3. The van der Waals surface area contributed by atoms with E-state index in [0.717, 1.165) is 87.4 Å². The van der Waals surface area contributed by atoms with Gasteiger partial charge >= 0.3 is 5.97 Å². The van der Waals surface area contributed by atoms with Gasteiger partial charge in [0.1, 0.15) is 31.0 Å². The minimum atomic E-state index is -1.45. The summed E-state index contributed by atoms with van der Waals surface area (Å²) in [6, 6.07) is 0. The monoisotopic (exact) mass is 828 g/mol. The summed E-state index contributed by atoms with van der Waals surface area (Å²) in [7, 11) is 0. The minimum Gasteiger partial charge on any atom is -0.463 e. The van der Waals surface area contributed by atoms with E-state index in [1.54, 1.807) is 0 Å². The number of allylic oxidation sites excluding steroid dienone is 1. The molecule has 3 saturated carbocycles. The van der Waals surface area contributed by atoms with Crippen LogP contribution in [0, 0.1) is 46.3 Å². The fourth-order valence-corrected chi connectivity index (χ4v) is 12.8. The lowest BCUT2D eigenvalue weighted by atomic mass is 9.47. The number of azide groups is 1. The maximum absolute atomic E-state index is 12.6. The molecule has 4 aliphatic carbocycles. The maximum Gasteiger partial charge on any atom is 0.305 e. The molecule has 338 valence electrons. The van der Waals surface area contributed by atoms with Gasteiger partial charge in [0.2, 0.25) is 0 Å². The normalized spacial score (nSPS) is 35.9. The Hall–Kier alpha value is -1.68. The molecule has 13 atom stereocenters. The third-order valence-electron chi connectivity index (χ3n) is 16.4. The Morgan fingerprint density at radius 1 is 0.831 bits per heavy atom. The summed E-state index contributed by atoms with van der Waals surface area (Å²) in [4.78, 5) is 15.4. The van der Waals surface area contributed by atoms with Crippen LogP contribution in [-0.2, 0) is 19.0 Å². The number of rotatable bonds is 25. The summed E-state index contributed by atoms with van der Waals surface area (Å²) in [5.41, 5.74) is 10.4. The molecule has 0 bridgehead atoms. The van der Waals surface area contributed by atoms with Crippen LogP contribution < -0.4 is 0 Å². The average molecular weight is 828 g/mol. The van der Waals surface area contributed by atoms with Gasteiger partial charge in [-0.25, -0.2) is 0 Å². The quantitative estimate of drug-likeness (QED) is 0.0207. The molecule has 0 aromatic carbocycles. The van der Waals surface area contributed by atoms with Crippen LogP contribution in [0.3, 0.4) is 0 Å². The number of carbonyl (C=O) groups is 1. The fourth-order valence-electron chi connectivity index (χ4n) is 12.8. The number of ether oxygens (including phenoxy) is 3. The number of unbranched alkanes of at least 4 members (excludes halogenated alkanes) is 12. The zero-order chi connectivity index (χ0) is 42.4. The van der Waals surface area contributed by atoms with Gasteiger partial charge in [0, 0.05) is 17.9 Å². The molecule has 1 heterocycles. The molecule has 11 unspecified atom stereocenters. The van der Waals surface area contributed by atoms with Crippen LogP contribution in [-0.4, -0.2) is 71.3 Å². The van der Waals surface area contributed by atoms with Gasteiger partial charge in [-0.05, 0) is 116 Å². The standard InChI is InChI=1S/C49H85N3O7/c1-34(2)20-19-21-35(3)39-25-26-40-38-24-23-36-32-37(27-29-48(36,4)41(38)28-30-49(39,40)5)58-47-46(56)45(55)44(54)42(59-47)33-57-43(53)22-17-15-13-11-9-7-6-8-10-12-14-16-18-31-51-52-50/h23,34-35,37-42,44-47,54-56H,6-22,24-33H2,1-5H3/t35?,37?,38?,39?,40?,41?,42?,44-,45?,46?,47+,48?,49?/m0/s1. The molecular formula is C49H85N3O7. The van der Waals surface area contributed by atoms with Crippen molar-refractivity contribution in [2.75, 3.05) is 13.2 Å². The van der Waals surface area contributed by atoms with E-state index in [1.165, 1.54) is 102 Å². The Morgan fingerprint density at radius 2 is 1.49 bits per heavy atom. The van der Waals surface area contributed by atoms with E-state index in [2.05, 4.69) is 50.7 Å². The predicted molar refractivity (Wildman–Crippen MR) is 234 cm³/mol. The van der Waals surface area contributed by atoms with E-state index in [0.29, 0.717) is 24.3 Å². The van der Waals surface area contributed by atoms with E-state index in [4.69, 9.17) is 19.7 Å². The molecule has 0 aromatic heterocycles. The zero-order valence-corrected chi connectivity index (χ0v) is 37.9. The van der Waals surface area contributed by atoms with Gasteiger partial charge in [-0.1, -0.05) is 141 Å². The van der Waals surface area contributed by atoms with Crippen molar-refractivity contribution in [3.8, 4) is 0 Å². The van der Waals surface area contributed by atoms with Crippen LogP contribution in [0.5, 0.6) is 0 Å². The van der Waals surface area contributed by atoms with Crippen LogP contribution in [0.2, 0.25) is 0 Å². The molecule has 10 heteroatoms. The number of esters is 1. The number of aliphatic hydroxyl groups is 3. The van der Waals surface area contributed by atoms with Crippen molar-refractivity contribution >= 4 is 5.97 Å². The van der Waals surface area contributed by atoms with Gasteiger partial charge in [-0.15, -0.1) is 0 Å². The van der Waals surface area contributed by atoms with Crippen molar-refractivity contribution in [2.45, 2.75) is 232 Å². The third kappa shape index (κ3) is 12.9. The Kier molecular flexibility index (Phi) is 19.4. The summed E-state index contributed by atoms with van der Waals surface area (Å²) in [5.74, 6) is 4.39. The largest absolute Gasteiger partial charge is 0.463 e. The first-order valence-electron chi connectivity index (χ1n) is 24.6. The number of aliphatic hydroxyl groups excluding tert-OH is 3. The number of hydrogen-bond acceptors (Lipinski definition) is 8. The van der Waals surface area contributed by atoms with Crippen molar-refractivity contribution in [2.24, 2.45) is 51.5 Å². The molecule has 1 aliphatic heterocycles. The lowest BCUT2D eigenvalue weighted by Crippen LogP contribution is -2.60. The number of hydrogen-bond donors (Lipinski definition) is 3. The molecule has 0 aromatic rings. The van der Waals surface area contributed by atoms with Crippen LogP contribution >= 0.6 is 0 Å². The van der Waals surface area contributed by atoms with Crippen LogP contribution in [0.15, 0.2) is 16.8 Å². The van der Waals surface area contributed by atoms with Crippen molar-refractivity contribution in [1.29, 1.82) is 0 Å². The summed E-state index contributed by atoms with van der Waals surface area (Å²) in [6.07, 6.45) is 24.7. The first-order valence-corrected chi connectivity index (χ1v) is 24.6. The molecule has 10 nitrogen and oxygen atoms in total. The average Bonchev–Trinajstić information content (AvgIpc) is 3.57. The topological polar surface area (TPSA) is 154 Å². The lowest BCUT2D eigenvalue weighted by Gasteiger charge is -2.58. The SMILES string of the molecule is CC(C)CCCC(C)C1CCC2C3CC=C4CC(O[C@@H]5OC(COC(=O)CCCCCCCCCCCCCCCN=[N+]=[N-])[C@H](O)C(O)C5O)CCC4(C)C3CCC12C. The van der Waals surface area contributed by atoms with Gasteiger partial charge in [0.15, 0.2) is 6.29 Å². The Morgan fingerprint density at radius 3 is 2.15 bits per heavy atom. The van der Waals surface area contributed by atoms with Crippen molar-refractivity contribution in [1.82, 2.24) is 0 Å². The first-order chi connectivity index (χ1) is 28.4. The lowest BCUT2D eigenvalue weighted by molar-refractivity contribution is -0.313. The maximum atomic E-state index is 12.6. The summed E-state index contributed by atoms with van der Waals surface area (Å²) >= 11 is 0. The number of carbonyl (C=O) groups excluding carboxylic acids is 1. The van der Waals surface area contributed by atoms with Gasteiger partial charge in [-0.3, -0.25) is 4.79 Å². The molecule has 4 fully saturated rings. The first kappa shape index (κ1) is 48.4. The van der Waals surface area contributed by atoms with Crippen molar-refractivity contribution < 1.29 is 34.3 Å². The van der Waals surface area contributed by atoms with Crippen molar-refractivity contribution in [3.63, 3.8) is 0 Å².